The minimum absolute atomic E-state index is 0.158. The molecule has 3 heteroatoms. The highest BCUT2D eigenvalue weighted by Crippen LogP contribution is 2.34. The predicted molar refractivity (Wildman–Crippen MR) is 63.1 cm³/mol. The Kier molecular flexibility index (Phi) is 4.03. The van der Waals surface area contributed by atoms with E-state index in [2.05, 4.69) is 5.32 Å². The van der Waals surface area contributed by atoms with Crippen LogP contribution in [-0.2, 0) is 5.92 Å². The number of rotatable bonds is 4. The summed E-state index contributed by atoms with van der Waals surface area (Å²) in [6.07, 6.45) is -0.160. The third kappa shape index (κ3) is 2.79. The van der Waals surface area contributed by atoms with Crippen molar-refractivity contribution in [2.45, 2.75) is 33.1 Å². The van der Waals surface area contributed by atoms with Crippen LogP contribution in [0.25, 0.3) is 0 Å². The Balaban J connectivity index is 3.07. The highest BCUT2D eigenvalue weighted by molar-refractivity contribution is 5.38. The summed E-state index contributed by atoms with van der Waals surface area (Å²) < 4.78 is 27.8. The van der Waals surface area contributed by atoms with Gasteiger partial charge in [-0.3, -0.25) is 0 Å². The van der Waals surface area contributed by atoms with Crippen molar-refractivity contribution in [3.05, 3.63) is 34.4 Å². The molecule has 1 N–H and O–H groups in total. The van der Waals surface area contributed by atoms with Crippen LogP contribution in [0.5, 0.6) is 0 Å². The van der Waals surface area contributed by atoms with E-state index in [0.29, 0.717) is 12.1 Å². The Bertz CT molecular complexity index is 372. The lowest BCUT2D eigenvalue weighted by Gasteiger charge is -2.20. The summed E-state index contributed by atoms with van der Waals surface area (Å²) in [6, 6.07) is 3.44. The molecule has 1 rings (SSSR count). The maximum atomic E-state index is 13.9. The van der Waals surface area contributed by atoms with Crippen molar-refractivity contribution in [1.29, 1.82) is 0 Å². The minimum atomic E-state index is -2.74. The van der Waals surface area contributed by atoms with E-state index >= 15 is 0 Å². The van der Waals surface area contributed by atoms with Crippen LogP contribution in [-0.4, -0.2) is 13.6 Å². The largest absolute Gasteiger partial charge is 0.320 e. The molecule has 0 aliphatic heterocycles. The lowest BCUT2D eigenvalue weighted by molar-refractivity contribution is -0.0130. The Hall–Kier alpha value is -0.960. The first-order valence-electron chi connectivity index (χ1n) is 5.49. The summed E-state index contributed by atoms with van der Waals surface area (Å²) in [6.45, 7) is 5.87. The van der Waals surface area contributed by atoms with E-state index in [9.17, 15) is 8.78 Å². The van der Waals surface area contributed by atoms with Crippen LogP contribution in [0.1, 0.15) is 28.7 Å². The predicted octanol–water partition coefficient (Wildman–Crippen LogP) is 3.31. The molecule has 0 saturated carbocycles. The van der Waals surface area contributed by atoms with Crippen LogP contribution in [0.15, 0.2) is 12.1 Å². The highest BCUT2D eigenvalue weighted by Gasteiger charge is 2.32. The van der Waals surface area contributed by atoms with Gasteiger partial charge in [0.15, 0.2) is 0 Å². The molecule has 0 fully saturated rings. The molecule has 0 aliphatic carbocycles. The molecule has 1 aromatic rings. The average molecular weight is 227 g/mol. The smallest absolute Gasteiger partial charge is 0.274 e. The molecular weight excluding hydrogens is 208 g/mol. The number of hydrogen-bond donors (Lipinski definition) is 1. The summed E-state index contributed by atoms with van der Waals surface area (Å²) in [7, 11) is 1.68. The molecule has 0 heterocycles. The Morgan fingerprint density at radius 2 is 1.62 bits per heavy atom. The van der Waals surface area contributed by atoms with Gasteiger partial charge in [0.25, 0.3) is 5.92 Å². The van der Waals surface area contributed by atoms with Gasteiger partial charge in [0.05, 0.1) is 0 Å². The van der Waals surface area contributed by atoms with E-state index in [1.54, 1.807) is 20.0 Å². The minimum Gasteiger partial charge on any atom is -0.320 e. The molecule has 0 amide bonds. The van der Waals surface area contributed by atoms with Crippen LogP contribution >= 0.6 is 0 Å². The first kappa shape index (κ1) is 13.1. The summed E-state index contributed by atoms with van der Waals surface area (Å²) in [4.78, 5) is 0. The molecule has 1 aromatic carbocycles. The molecule has 0 unspecified atom stereocenters. The van der Waals surface area contributed by atoms with E-state index in [1.165, 1.54) is 0 Å². The number of aryl methyl sites for hydroxylation is 3. The maximum Gasteiger partial charge on any atom is 0.274 e. The van der Waals surface area contributed by atoms with Gasteiger partial charge in [-0.05, 0) is 50.6 Å². The molecule has 0 atom stereocenters. The standard InChI is InChI=1S/C13H19F2N/c1-9-7-11(3)12(8-10(9)2)13(14,15)5-6-16-4/h7-8,16H,5-6H2,1-4H3. The Morgan fingerprint density at radius 1 is 1.06 bits per heavy atom. The van der Waals surface area contributed by atoms with Gasteiger partial charge in [-0.15, -0.1) is 0 Å². The molecule has 0 saturated heterocycles. The van der Waals surface area contributed by atoms with Crippen molar-refractivity contribution >= 4 is 0 Å². The highest BCUT2D eigenvalue weighted by atomic mass is 19.3. The number of nitrogens with one attached hydrogen (secondary N) is 1. The maximum absolute atomic E-state index is 13.9. The summed E-state index contributed by atoms with van der Waals surface area (Å²) in [5, 5.41) is 2.76. The van der Waals surface area contributed by atoms with Crippen LogP contribution in [0.3, 0.4) is 0 Å². The van der Waals surface area contributed by atoms with Crippen LogP contribution in [0, 0.1) is 20.8 Å². The second-order valence-electron chi connectivity index (χ2n) is 4.31. The van der Waals surface area contributed by atoms with E-state index in [-0.39, 0.29) is 12.0 Å². The second kappa shape index (κ2) is 4.91. The van der Waals surface area contributed by atoms with Gasteiger partial charge in [0.1, 0.15) is 0 Å². The van der Waals surface area contributed by atoms with Gasteiger partial charge in [0, 0.05) is 18.5 Å². The first-order chi connectivity index (χ1) is 7.38. The Labute approximate surface area is 95.9 Å². The van der Waals surface area contributed by atoms with E-state index in [4.69, 9.17) is 0 Å². The van der Waals surface area contributed by atoms with Crippen molar-refractivity contribution in [3.63, 3.8) is 0 Å². The molecule has 0 aromatic heterocycles. The van der Waals surface area contributed by atoms with Crippen molar-refractivity contribution in [3.8, 4) is 0 Å². The van der Waals surface area contributed by atoms with E-state index in [0.717, 1.165) is 11.1 Å². The third-order valence-electron chi connectivity index (χ3n) is 2.92. The third-order valence-corrected chi connectivity index (χ3v) is 2.92. The number of alkyl halides is 2. The van der Waals surface area contributed by atoms with Gasteiger partial charge < -0.3 is 5.32 Å². The van der Waals surface area contributed by atoms with Crippen molar-refractivity contribution in [2.75, 3.05) is 13.6 Å². The lowest BCUT2D eigenvalue weighted by Crippen LogP contribution is -2.22. The Morgan fingerprint density at radius 3 is 2.19 bits per heavy atom. The fourth-order valence-electron chi connectivity index (χ4n) is 1.77. The molecule has 90 valence electrons. The summed E-state index contributed by atoms with van der Waals surface area (Å²) in [5.41, 5.74) is 2.81. The van der Waals surface area contributed by atoms with Crippen LogP contribution < -0.4 is 5.32 Å². The fraction of sp³-hybridized carbons (Fsp3) is 0.538. The second-order valence-corrected chi connectivity index (χ2v) is 4.31. The monoisotopic (exact) mass is 227 g/mol. The zero-order valence-electron chi connectivity index (χ0n) is 10.3. The number of halogens is 2. The molecule has 0 aliphatic rings. The zero-order chi connectivity index (χ0) is 12.3. The van der Waals surface area contributed by atoms with Gasteiger partial charge in [-0.25, -0.2) is 8.78 Å². The molecule has 0 radical (unpaired) electrons. The normalized spacial score (nSPS) is 11.9. The molecule has 0 bridgehead atoms. The lowest BCUT2D eigenvalue weighted by atomic mass is 9.95. The summed E-state index contributed by atoms with van der Waals surface area (Å²) >= 11 is 0. The number of benzene rings is 1. The topological polar surface area (TPSA) is 12.0 Å². The molecule has 1 nitrogen and oxygen atoms in total. The quantitative estimate of drug-likeness (QED) is 0.832. The van der Waals surface area contributed by atoms with Crippen molar-refractivity contribution < 1.29 is 8.78 Å². The van der Waals surface area contributed by atoms with Crippen LogP contribution in [0.2, 0.25) is 0 Å². The van der Waals surface area contributed by atoms with Gasteiger partial charge in [-0.2, -0.15) is 0 Å². The molecular formula is C13H19F2N. The van der Waals surface area contributed by atoms with Gasteiger partial charge >= 0.3 is 0 Å². The summed E-state index contributed by atoms with van der Waals surface area (Å²) in [5.74, 6) is -2.74. The van der Waals surface area contributed by atoms with Crippen LogP contribution in [0.4, 0.5) is 8.78 Å². The molecule has 0 spiro atoms. The fourth-order valence-corrected chi connectivity index (χ4v) is 1.77. The average Bonchev–Trinajstić information content (AvgIpc) is 2.20. The van der Waals surface area contributed by atoms with Crippen molar-refractivity contribution in [2.24, 2.45) is 0 Å². The van der Waals surface area contributed by atoms with Crippen molar-refractivity contribution in [1.82, 2.24) is 5.32 Å². The number of hydrogen-bond acceptors (Lipinski definition) is 1. The first-order valence-corrected chi connectivity index (χ1v) is 5.49. The zero-order valence-corrected chi connectivity index (χ0v) is 10.3. The van der Waals surface area contributed by atoms with Gasteiger partial charge in [-0.1, -0.05) is 6.07 Å². The molecule has 16 heavy (non-hydrogen) atoms. The van der Waals surface area contributed by atoms with E-state index in [1.807, 2.05) is 19.9 Å². The van der Waals surface area contributed by atoms with Gasteiger partial charge in [0.2, 0.25) is 0 Å². The SMILES string of the molecule is CNCCC(F)(F)c1cc(C)c(C)cc1C. The van der Waals surface area contributed by atoms with E-state index < -0.39 is 5.92 Å².